The number of hydrogen-bond acceptors (Lipinski definition) is 2. The van der Waals surface area contributed by atoms with Gasteiger partial charge in [-0.2, -0.15) is 0 Å². The number of rotatable bonds is 4. The molecule has 0 heterocycles. The van der Waals surface area contributed by atoms with Crippen LogP contribution in [0.25, 0.3) is 10.8 Å². The Labute approximate surface area is 107 Å². The highest BCUT2D eigenvalue weighted by atomic mass is 16.1. The maximum absolute atomic E-state index is 11.9. The highest BCUT2D eigenvalue weighted by Gasteiger charge is 2.16. The topological polar surface area (TPSA) is 34.1 Å². The molecule has 1 radical (unpaired) electrons. The second kappa shape index (κ2) is 5.13. The smallest absolute Gasteiger partial charge is 0.163 e. The van der Waals surface area contributed by atoms with Crippen molar-refractivity contribution < 1.29 is 9.59 Å². The molecule has 0 N–H and O–H groups in total. The van der Waals surface area contributed by atoms with Crippen LogP contribution in [-0.4, -0.2) is 11.6 Å². The number of ketones is 2. The van der Waals surface area contributed by atoms with Crippen LogP contribution < -0.4 is 0 Å². The van der Waals surface area contributed by atoms with Crippen LogP contribution in [0.5, 0.6) is 0 Å². The molecular formula is C16H15O2. The summed E-state index contributed by atoms with van der Waals surface area (Å²) in [6.45, 7) is 3.60. The Hall–Kier alpha value is -1.96. The van der Waals surface area contributed by atoms with Crippen molar-refractivity contribution in [3.05, 3.63) is 47.5 Å². The number of carbonyl (C=O) groups excluding carboxylic acids is 2. The third kappa shape index (κ3) is 2.19. The molecule has 2 aromatic carbocycles. The van der Waals surface area contributed by atoms with Crippen molar-refractivity contribution in [3.63, 3.8) is 0 Å². The minimum absolute atomic E-state index is 0.00574. The van der Waals surface area contributed by atoms with E-state index in [4.69, 9.17) is 0 Å². The van der Waals surface area contributed by atoms with Gasteiger partial charge in [0.2, 0.25) is 0 Å². The van der Waals surface area contributed by atoms with E-state index in [1.807, 2.05) is 24.3 Å². The molecule has 0 saturated heterocycles. The van der Waals surface area contributed by atoms with Crippen LogP contribution in [0.1, 0.15) is 47.4 Å². The average Bonchev–Trinajstić information content (AvgIpc) is 2.44. The lowest BCUT2D eigenvalue weighted by molar-refractivity contribution is 0.0955. The monoisotopic (exact) mass is 239 g/mol. The first-order valence-corrected chi connectivity index (χ1v) is 6.18. The van der Waals surface area contributed by atoms with E-state index in [9.17, 15) is 9.59 Å². The largest absolute Gasteiger partial charge is 0.294 e. The molecule has 0 saturated carbocycles. The summed E-state index contributed by atoms with van der Waals surface area (Å²) in [6.07, 6.45) is 0.787. The van der Waals surface area contributed by atoms with Crippen molar-refractivity contribution in [1.29, 1.82) is 0 Å². The van der Waals surface area contributed by atoms with E-state index in [1.54, 1.807) is 19.9 Å². The van der Waals surface area contributed by atoms with Gasteiger partial charge in [0.15, 0.2) is 11.6 Å². The molecule has 18 heavy (non-hydrogen) atoms. The Morgan fingerprint density at radius 1 is 1.06 bits per heavy atom. The molecule has 0 aliphatic carbocycles. The Balaban J connectivity index is 2.71. The highest BCUT2D eigenvalue weighted by molar-refractivity contribution is 6.11. The van der Waals surface area contributed by atoms with Gasteiger partial charge in [-0.15, -0.1) is 0 Å². The molecule has 0 atom stereocenters. The van der Waals surface area contributed by atoms with E-state index >= 15 is 0 Å². The number of fused-ring (bicyclic) bond motifs is 1. The summed E-state index contributed by atoms with van der Waals surface area (Å²) in [6, 6.07) is 12.5. The van der Waals surface area contributed by atoms with Crippen LogP contribution in [0.4, 0.5) is 0 Å². The molecule has 0 aliphatic heterocycles. The fourth-order valence-corrected chi connectivity index (χ4v) is 1.97. The molecule has 2 heteroatoms. The second-order valence-corrected chi connectivity index (χ2v) is 4.20. The first-order valence-electron chi connectivity index (χ1n) is 6.18. The summed E-state index contributed by atoms with van der Waals surface area (Å²) >= 11 is 0. The van der Waals surface area contributed by atoms with Crippen LogP contribution in [0.2, 0.25) is 0 Å². The van der Waals surface area contributed by atoms with Crippen molar-refractivity contribution >= 4 is 22.3 Å². The predicted molar refractivity (Wildman–Crippen MR) is 72.0 cm³/mol. The zero-order valence-electron chi connectivity index (χ0n) is 10.6. The predicted octanol–water partition coefficient (Wildman–Crippen LogP) is 3.83. The lowest BCUT2D eigenvalue weighted by Crippen LogP contribution is -2.08. The zero-order chi connectivity index (χ0) is 13.1. The fourth-order valence-electron chi connectivity index (χ4n) is 1.97. The third-order valence-corrected chi connectivity index (χ3v) is 3.01. The van der Waals surface area contributed by atoms with Crippen molar-refractivity contribution in [2.45, 2.75) is 26.7 Å². The van der Waals surface area contributed by atoms with Gasteiger partial charge in [0.25, 0.3) is 0 Å². The molecule has 2 aromatic rings. The van der Waals surface area contributed by atoms with Gasteiger partial charge in [-0.05, 0) is 16.8 Å². The highest BCUT2D eigenvalue weighted by Crippen LogP contribution is 2.22. The number of Topliss-reactive ketones (excluding diaryl/α,β-unsaturated/α-hetero) is 2. The molecule has 0 spiro atoms. The van der Waals surface area contributed by atoms with E-state index in [0.717, 1.165) is 10.8 Å². The van der Waals surface area contributed by atoms with Gasteiger partial charge in [-0.1, -0.05) is 38.1 Å². The maximum Gasteiger partial charge on any atom is 0.163 e. The van der Waals surface area contributed by atoms with E-state index in [2.05, 4.69) is 6.07 Å². The molecule has 0 aliphatic rings. The fraction of sp³-hybridized carbons (Fsp3) is 0.250. The van der Waals surface area contributed by atoms with Gasteiger partial charge in [-0.25, -0.2) is 0 Å². The molecule has 2 nitrogen and oxygen atoms in total. The molecule has 0 aromatic heterocycles. The SMILES string of the molecule is CCC(=O)c1[c]c2ccccc2cc1C(=O)CC. The van der Waals surface area contributed by atoms with Crippen LogP contribution in [0.15, 0.2) is 30.3 Å². The van der Waals surface area contributed by atoms with Crippen molar-refractivity contribution in [1.82, 2.24) is 0 Å². The Bertz CT molecular complexity index is 557. The maximum atomic E-state index is 11.9. The second-order valence-electron chi connectivity index (χ2n) is 4.20. The van der Waals surface area contributed by atoms with Gasteiger partial charge >= 0.3 is 0 Å². The lowest BCUT2D eigenvalue weighted by atomic mass is 9.94. The summed E-state index contributed by atoms with van der Waals surface area (Å²) in [5.74, 6) is -0.0358. The van der Waals surface area contributed by atoms with Crippen LogP contribution in [0.3, 0.4) is 0 Å². The van der Waals surface area contributed by atoms with Gasteiger partial charge in [-0.3, -0.25) is 9.59 Å². The molecule has 0 bridgehead atoms. The number of benzene rings is 2. The minimum Gasteiger partial charge on any atom is -0.294 e. The molecule has 0 fully saturated rings. The average molecular weight is 239 g/mol. The molecule has 0 unspecified atom stereocenters. The minimum atomic E-state index is -0.0300. The summed E-state index contributed by atoms with van der Waals surface area (Å²) in [5.41, 5.74) is 0.936. The summed E-state index contributed by atoms with van der Waals surface area (Å²) in [4.78, 5) is 23.8. The Morgan fingerprint density at radius 3 is 2.39 bits per heavy atom. The summed E-state index contributed by atoms with van der Waals surface area (Å²) < 4.78 is 0. The zero-order valence-corrected chi connectivity index (χ0v) is 10.6. The van der Waals surface area contributed by atoms with E-state index in [-0.39, 0.29) is 11.6 Å². The normalized spacial score (nSPS) is 10.6. The molecule has 91 valence electrons. The molecule has 0 amide bonds. The van der Waals surface area contributed by atoms with Crippen molar-refractivity contribution in [3.8, 4) is 0 Å². The van der Waals surface area contributed by atoms with E-state index in [1.165, 1.54) is 0 Å². The van der Waals surface area contributed by atoms with Gasteiger partial charge < -0.3 is 0 Å². The lowest BCUT2D eigenvalue weighted by Gasteiger charge is -2.08. The van der Waals surface area contributed by atoms with Gasteiger partial charge in [0.05, 0.1) is 0 Å². The quantitative estimate of drug-likeness (QED) is 0.760. The first-order chi connectivity index (χ1) is 8.67. The van der Waals surface area contributed by atoms with Crippen LogP contribution in [-0.2, 0) is 0 Å². The van der Waals surface area contributed by atoms with Gasteiger partial charge in [0.1, 0.15) is 0 Å². The Morgan fingerprint density at radius 2 is 1.72 bits per heavy atom. The van der Waals surface area contributed by atoms with Crippen LogP contribution in [0, 0.1) is 6.07 Å². The summed E-state index contributed by atoms with van der Waals surface area (Å²) in [5, 5.41) is 1.82. The third-order valence-electron chi connectivity index (χ3n) is 3.01. The van der Waals surface area contributed by atoms with E-state index < -0.39 is 0 Å². The summed E-state index contributed by atoms with van der Waals surface area (Å²) in [7, 11) is 0. The van der Waals surface area contributed by atoms with E-state index in [0.29, 0.717) is 24.0 Å². The molecule has 2 rings (SSSR count). The Kier molecular flexibility index (Phi) is 3.56. The van der Waals surface area contributed by atoms with Crippen LogP contribution >= 0.6 is 0 Å². The first kappa shape index (κ1) is 12.5. The van der Waals surface area contributed by atoms with Crippen molar-refractivity contribution in [2.24, 2.45) is 0 Å². The molecular weight excluding hydrogens is 224 g/mol. The number of carbonyl (C=O) groups is 2. The number of hydrogen-bond donors (Lipinski definition) is 0. The standard InChI is InChI=1S/C16H15O2/c1-3-15(17)13-9-11-7-5-6-8-12(11)10-14(13)16(18)4-2/h5-9H,3-4H2,1-2H3. The van der Waals surface area contributed by atoms with Gasteiger partial charge in [0, 0.05) is 30.0 Å². The van der Waals surface area contributed by atoms with Crippen molar-refractivity contribution in [2.75, 3.05) is 0 Å².